The summed E-state index contributed by atoms with van der Waals surface area (Å²) in [4.78, 5) is 0. The van der Waals surface area contributed by atoms with Gasteiger partial charge in [-0.2, -0.15) is 0 Å². The zero-order valence-corrected chi connectivity index (χ0v) is 12.8. The van der Waals surface area contributed by atoms with E-state index >= 15 is 0 Å². The van der Waals surface area contributed by atoms with Gasteiger partial charge in [-0.05, 0) is 24.6 Å². The Bertz CT molecular complexity index is 197. The lowest BCUT2D eigenvalue weighted by Crippen LogP contribution is -2.41. The Morgan fingerprint density at radius 3 is 2.35 bits per heavy atom. The Kier molecular flexibility index (Phi) is 10.6. The van der Waals surface area contributed by atoms with Crippen LogP contribution in [0.25, 0.3) is 0 Å². The van der Waals surface area contributed by atoms with Gasteiger partial charge in [0.05, 0.1) is 6.26 Å². The third-order valence-electron chi connectivity index (χ3n) is 2.73. The topological polar surface area (TPSA) is 27.7 Å². The van der Waals surface area contributed by atoms with E-state index in [-0.39, 0.29) is 0 Å². The minimum atomic E-state index is -2.01. The molecule has 0 aromatic heterocycles. The molecule has 0 aliphatic carbocycles. The highest BCUT2D eigenvalue weighted by molar-refractivity contribution is 6.67. The summed E-state index contributed by atoms with van der Waals surface area (Å²) in [5.41, 5.74) is 0. The van der Waals surface area contributed by atoms with Crippen molar-refractivity contribution in [3.05, 3.63) is 12.3 Å². The molecular formula is C13H28O3Si. The second-order valence-electron chi connectivity index (χ2n) is 4.18. The molecule has 0 N–H and O–H groups in total. The lowest BCUT2D eigenvalue weighted by atomic mass is 10.4. The zero-order chi connectivity index (χ0) is 13.0. The number of hydrogen-bond acceptors (Lipinski definition) is 3. The monoisotopic (exact) mass is 260 g/mol. The van der Waals surface area contributed by atoms with Gasteiger partial charge < -0.3 is 13.6 Å². The first-order valence-corrected chi connectivity index (χ1v) is 8.93. The highest BCUT2D eigenvalue weighted by Crippen LogP contribution is 2.23. The van der Waals surface area contributed by atoms with Crippen molar-refractivity contribution in [2.45, 2.75) is 58.5 Å². The molecule has 0 aliphatic rings. The molecule has 0 fully saturated rings. The second kappa shape index (κ2) is 10.8. The van der Waals surface area contributed by atoms with Crippen LogP contribution >= 0.6 is 0 Å². The molecule has 3 nitrogen and oxygen atoms in total. The Hall–Kier alpha value is -0.323. The minimum Gasteiger partial charge on any atom is -0.476 e. The standard InChI is InChI=1S/C13H28O3Si/c1-5-8-10-15-13-16-17(14-4,11-7-3)12-9-6-2/h8,10H,5-7,9,11-13H2,1-4H3. The maximum atomic E-state index is 5.91. The molecule has 17 heavy (non-hydrogen) atoms. The Labute approximate surface area is 107 Å². The number of ether oxygens (including phenoxy) is 1. The van der Waals surface area contributed by atoms with Crippen LogP contribution in [-0.4, -0.2) is 22.5 Å². The van der Waals surface area contributed by atoms with Crippen LogP contribution in [0, 0.1) is 0 Å². The second-order valence-corrected chi connectivity index (χ2v) is 7.70. The summed E-state index contributed by atoms with van der Waals surface area (Å²) in [7, 11) is -0.232. The summed E-state index contributed by atoms with van der Waals surface area (Å²) in [6.07, 6.45) is 8.13. The van der Waals surface area contributed by atoms with E-state index in [9.17, 15) is 0 Å². The molecule has 0 spiro atoms. The number of allylic oxidation sites excluding steroid dienone is 1. The SMILES string of the molecule is CCC=COCO[Si](CCC)(CCCC)OC. The van der Waals surface area contributed by atoms with E-state index in [1.54, 1.807) is 13.4 Å². The van der Waals surface area contributed by atoms with Crippen molar-refractivity contribution in [2.24, 2.45) is 0 Å². The molecule has 1 unspecified atom stereocenters. The van der Waals surface area contributed by atoms with Crippen LogP contribution in [0.2, 0.25) is 12.1 Å². The quantitative estimate of drug-likeness (QED) is 0.241. The van der Waals surface area contributed by atoms with Crippen molar-refractivity contribution in [3.8, 4) is 0 Å². The van der Waals surface area contributed by atoms with Gasteiger partial charge in [-0.1, -0.05) is 40.0 Å². The number of unbranched alkanes of at least 4 members (excludes halogenated alkanes) is 1. The van der Waals surface area contributed by atoms with Gasteiger partial charge in [0.15, 0.2) is 6.79 Å². The fraction of sp³-hybridized carbons (Fsp3) is 0.846. The van der Waals surface area contributed by atoms with Crippen LogP contribution < -0.4 is 0 Å². The molecule has 0 aromatic rings. The smallest absolute Gasteiger partial charge is 0.340 e. The first-order valence-electron chi connectivity index (χ1n) is 6.70. The molecule has 0 amide bonds. The first kappa shape index (κ1) is 16.7. The van der Waals surface area contributed by atoms with Gasteiger partial charge in [0, 0.05) is 7.11 Å². The highest BCUT2D eigenvalue weighted by atomic mass is 28.4. The third-order valence-corrected chi connectivity index (χ3v) is 6.50. The van der Waals surface area contributed by atoms with E-state index in [1.165, 1.54) is 12.8 Å². The lowest BCUT2D eigenvalue weighted by Gasteiger charge is -2.28. The number of hydrogen-bond donors (Lipinski definition) is 0. The largest absolute Gasteiger partial charge is 0.476 e. The van der Waals surface area contributed by atoms with E-state index in [1.807, 2.05) is 6.08 Å². The van der Waals surface area contributed by atoms with Crippen molar-refractivity contribution in [1.29, 1.82) is 0 Å². The van der Waals surface area contributed by atoms with Crippen molar-refractivity contribution in [1.82, 2.24) is 0 Å². The van der Waals surface area contributed by atoms with Crippen LogP contribution in [-0.2, 0) is 13.6 Å². The van der Waals surface area contributed by atoms with Crippen molar-refractivity contribution in [2.75, 3.05) is 13.9 Å². The molecule has 0 rings (SSSR count). The molecule has 0 bridgehead atoms. The molecule has 0 aliphatic heterocycles. The molecular weight excluding hydrogens is 232 g/mol. The van der Waals surface area contributed by atoms with Crippen molar-refractivity contribution >= 4 is 8.56 Å². The Morgan fingerprint density at radius 2 is 1.82 bits per heavy atom. The maximum Gasteiger partial charge on any atom is 0.340 e. The first-order chi connectivity index (χ1) is 8.24. The minimum absolute atomic E-state index is 0.320. The van der Waals surface area contributed by atoms with E-state index in [0.29, 0.717) is 6.79 Å². The molecule has 0 heterocycles. The molecule has 0 saturated heterocycles. The van der Waals surface area contributed by atoms with Crippen LogP contribution in [0.3, 0.4) is 0 Å². The molecule has 4 heteroatoms. The summed E-state index contributed by atoms with van der Waals surface area (Å²) >= 11 is 0. The summed E-state index contributed by atoms with van der Waals surface area (Å²) in [6, 6.07) is 2.11. The van der Waals surface area contributed by atoms with Crippen LogP contribution in [0.4, 0.5) is 0 Å². The average Bonchev–Trinajstić information content (AvgIpc) is 2.35. The van der Waals surface area contributed by atoms with Crippen LogP contribution in [0.5, 0.6) is 0 Å². The third kappa shape index (κ3) is 7.57. The van der Waals surface area contributed by atoms with Gasteiger partial charge in [0.25, 0.3) is 0 Å². The fourth-order valence-electron chi connectivity index (χ4n) is 1.70. The number of rotatable bonds is 11. The Morgan fingerprint density at radius 1 is 1.06 bits per heavy atom. The van der Waals surface area contributed by atoms with Crippen molar-refractivity contribution < 1.29 is 13.6 Å². The fourth-order valence-corrected chi connectivity index (χ4v) is 4.71. The van der Waals surface area contributed by atoms with Gasteiger partial charge in [0.1, 0.15) is 0 Å². The van der Waals surface area contributed by atoms with Gasteiger partial charge in [0.2, 0.25) is 0 Å². The van der Waals surface area contributed by atoms with Gasteiger partial charge in [-0.25, -0.2) is 0 Å². The Balaban J connectivity index is 4.10. The van der Waals surface area contributed by atoms with Crippen LogP contribution in [0.15, 0.2) is 12.3 Å². The van der Waals surface area contributed by atoms with E-state index in [4.69, 9.17) is 13.6 Å². The van der Waals surface area contributed by atoms with E-state index in [0.717, 1.165) is 24.9 Å². The molecule has 0 aromatic carbocycles. The van der Waals surface area contributed by atoms with Gasteiger partial charge >= 0.3 is 8.56 Å². The normalized spacial score (nSPS) is 15.1. The van der Waals surface area contributed by atoms with Gasteiger partial charge in [-0.3, -0.25) is 0 Å². The molecule has 0 saturated carbocycles. The summed E-state index contributed by atoms with van der Waals surface area (Å²) in [6.45, 7) is 6.77. The zero-order valence-electron chi connectivity index (χ0n) is 11.8. The predicted molar refractivity (Wildman–Crippen MR) is 74.0 cm³/mol. The summed E-state index contributed by atoms with van der Waals surface area (Å²) in [5.74, 6) is 0. The molecule has 102 valence electrons. The lowest BCUT2D eigenvalue weighted by molar-refractivity contribution is 0.0447. The van der Waals surface area contributed by atoms with E-state index < -0.39 is 8.56 Å². The van der Waals surface area contributed by atoms with E-state index in [2.05, 4.69) is 20.8 Å². The maximum absolute atomic E-state index is 5.91. The van der Waals surface area contributed by atoms with Crippen LogP contribution in [0.1, 0.15) is 46.5 Å². The summed E-state index contributed by atoms with van der Waals surface area (Å²) in [5, 5.41) is 0. The molecule has 1 atom stereocenters. The summed E-state index contributed by atoms with van der Waals surface area (Å²) < 4.78 is 16.9. The molecule has 0 radical (unpaired) electrons. The average molecular weight is 260 g/mol. The predicted octanol–water partition coefficient (Wildman–Crippen LogP) is 4.20. The highest BCUT2D eigenvalue weighted by Gasteiger charge is 2.34. The van der Waals surface area contributed by atoms with Gasteiger partial charge in [-0.15, -0.1) is 0 Å². The van der Waals surface area contributed by atoms with Crippen molar-refractivity contribution in [3.63, 3.8) is 0 Å².